The third-order valence-electron chi connectivity index (χ3n) is 7.76. The number of carbonyl (C=O) groups is 1. The van der Waals surface area contributed by atoms with Gasteiger partial charge in [0.05, 0.1) is 12.7 Å². The highest BCUT2D eigenvalue weighted by molar-refractivity contribution is 5.95. The maximum Gasteiger partial charge on any atom is 0.340 e. The number of hydrogen-bond donors (Lipinski definition) is 0. The zero-order valence-electron chi connectivity index (χ0n) is 18.5. The number of hydrogen-bond acceptors (Lipinski definition) is 2. The molecule has 2 nitrogen and oxygen atoms in total. The lowest BCUT2D eigenvalue weighted by Crippen LogP contribution is -2.30. The van der Waals surface area contributed by atoms with Crippen LogP contribution in [0, 0.1) is 23.6 Å². The summed E-state index contributed by atoms with van der Waals surface area (Å²) < 4.78 is 19.1. The normalized spacial score (nSPS) is 26.4. The third-order valence-corrected chi connectivity index (χ3v) is 7.76. The summed E-state index contributed by atoms with van der Waals surface area (Å²) in [5.74, 6) is 2.19. The minimum Gasteiger partial charge on any atom is -0.465 e. The summed E-state index contributed by atoms with van der Waals surface area (Å²) in [6.07, 6.45) is 13.7. The molecule has 30 heavy (non-hydrogen) atoms. The molecule has 0 aliphatic heterocycles. The molecule has 0 amide bonds. The molecule has 2 aliphatic rings. The van der Waals surface area contributed by atoms with Gasteiger partial charge in [0.2, 0.25) is 0 Å². The second-order valence-electron chi connectivity index (χ2n) is 9.64. The van der Waals surface area contributed by atoms with Crippen molar-refractivity contribution in [1.29, 1.82) is 0 Å². The Labute approximate surface area is 180 Å². The van der Waals surface area contributed by atoms with E-state index in [4.69, 9.17) is 4.74 Å². The minimum atomic E-state index is -0.623. The number of halogens is 1. The van der Waals surface area contributed by atoms with Gasteiger partial charge < -0.3 is 4.74 Å². The first-order valence-corrected chi connectivity index (χ1v) is 11.9. The van der Waals surface area contributed by atoms with Gasteiger partial charge in [-0.1, -0.05) is 57.2 Å². The van der Waals surface area contributed by atoms with Crippen molar-refractivity contribution in [3.63, 3.8) is 0 Å². The first kappa shape index (κ1) is 21.3. The standard InChI is InChI=1S/C27H35FO2/c1-3-4-5-6-18-7-8-20-14-21(10-9-19(20)13-18)22-11-12-23-16-25(27(29)30-2)26(28)17-24(23)15-22/h11-12,15-21H,3-10,13-14H2,1-2H3/t18?,19-,20+,21?/m0/s1. The minimum absolute atomic E-state index is 0.00829. The van der Waals surface area contributed by atoms with E-state index in [2.05, 4.69) is 19.1 Å². The molecular formula is C27H35FO2. The zero-order chi connectivity index (χ0) is 21.1. The molecular weight excluding hydrogens is 375 g/mol. The van der Waals surface area contributed by atoms with E-state index in [1.54, 1.807) is 6.07 Å². The number of benzene rings is 2. The monoisotopic (exact) mass is 410 g/mol. The molecule has 2 aromatic rings. The Morgan fingerprint density at radius 1 is 1.00 bits per heavy atom. The van der Waals surface area contributed by atoms with Crippen LogP contribution in [0.15, 0.2) is 30.3 Å². The van der Waals surface area contributed by atoms with Gasteiger partial charge in [-0.3, -0.25) is 0 Å². The highest BCUT2D eigenvalue weighted by Gasteiger charge is 2.35. The van der Waals surface area contributed by atoms with Crippen molar-refractivity contribution in [3.8, 4) is 0 Å². The highest BCUT2D eigenvalue weighted by atomic mass is 19.1. The van der Waals surface area contributed by atoms with Crippen LogP contribution in [0.2, 0.25) is 0 Å². The Kier molecular flexibility index (Phi) is 6.75. The largest absolute Gasteiger partial charge is 0.465 e. The maximum atomic E-state index is 14.4. The highest BCUT2D eigenvalue weighted by Crippen LogP contribution is 2.48. The van der Waals surface area contributed by atoms with E-state index in [0.717, 1.165) is 28.5 Å². The SMILES string of the molecule is CCCCCC1CC[C@@H]2CC(c3ccc4cc(C(=O)OC)c(F)cc4c3)CC[C@H]2C1. The fourth-order valence-electron chi connectivity index (χ4n) is 6.04. The van der Waals surface area contributed by atoms with Gasteiger partial charge in [-0.2, -0.15) is 0 Å². The topological polar surface area (TPSA) is 26.3 Å². The summed E-state index contributed by atoms with van der Waals surface area (Å²) in [7, 11) is 1.28. The van der Waals surface area contributed by atoms with Crippen LogP contribution in [0.1, 0.15) is 93.0 Å². The van der Waals surface area contributed by atoms with Gasteiger partial charge in [-0.25, -0.2) is 9.18 Å². The van der Waals surface area contributed by atoms with Crippen LogP contribution in [-0.4, -0.2) is 13.1 Å². The van der Waals surface area contributed by atoms with E-state index in [1.807, 2.05) is 6.07 Å². The Morgan fingerprint density at radius 3 is 2.60 bits per heavy atom. The number of unbranched alkanes of at least 4 members (excludes halogenated alkanes) is 2. The van der Waals surface area contributed by atoms with Gasteiger partial charge in [0.25, 0.3) is 0 Å². The number of fused-ring (bicyclic) bond motifs is 2. The van der Waals surface area contributed by atoms with E-state index < -0.39 is 11.8 Å². The fraction of sp³-hybridized carbons (Fsp3) is 0.593. The van der Waals surface area contributed by atoms with Crippen LogP contribution >= 0.6 is 0 Å². The van der Waals surface area contributed by atoms with Crippen molar-refractivity contribution >= 4 is 16.7 Å². The van der Waals surface area contributed by atoms with E-state index in [-0.39, 0.29) is 5.56 Å². The van der Waals surface area contributed by atoms with Crippen LogP contribution in [0.5, 0.6) is 0 Å². The summed E-state index contributed by atoms with van der Waals surface area (Å²) in [5.41, 5.74) is 1.34. The average molecular weight is 411 g/mol. The molecule has 4 atom stereocenters. The van der Waals surface area contributed by atoms with Crippen molar-refractivity contribution in [2.75, 3.05) is 7.11 Å². The van der Waals surface area contributed by atoms with Gasteiger partial charge in [0.15, 0.2) is 0 Å². The Morgan fingerprint density at radius 2 is 1.80 bits per heavy atom. The molecule has 0 aromatic heterocycles. The van der Waals surface area contributed by atoms with Crippen LogP contribution < -0.4 is 0 Å². The lowest BCUT2D eigenvalue weighted by atomic mass is 9.63. The van der Waals surface area contributed by atoms with Gasteiger partial charge >= 0.3 is 5.97 Å². The van der Waals surface area contributed by atoms with Crippen molar-refractivity contribution in [1.82, 2.24) is 0 Å². The van der Waals surface area contributed by atoms with E-state index in [0.29, 0.717) is 5.92 Å². The summed E-state index contributed by atoms with van der Waals surface area (Å²) >= 11 is 0. The maximum absolute atomic E-state index is 14.4. The van der Waals surface area contributed by atoms with E-state index in [1.165, 1.54) is 82.9 Å². The molecule has 2 aliphatic carbocycles. The summed E-state index contributed by atoms with van der Waals surface area (Å²) in [5, 5.41) is 1.77. The van der Waals surface area contributed by atoms with Crippen LogP contribution in [0.25, 0.3) is 10.8 Å². The predicted octanol–water partition coefficient (Wildman–Crippen LogP) is 7.65. The molecule has 0 saturated heterocycles. The number of ether oxygens (including phenoxy) is 1. The number of rotatable bonds is 6. The average Bonchev–Trinajstić information content (AvgIpc) is 2.77. The van der Waals surface area contributed by atoms with Gasteiger partial charge in [-0.15, -0.1) is 0 Å². The molecule has 2 unspecified atom stereocenters. The molecule has 0 radical (unpaired) electrons. The Balaban J connectivity index is 1.44. The molecule has 2 fully saturated rings. The van der Waals surface area contributed by atoms with Crippen molar-refractivity contribution < 1.29 is 13.9 Å². The number of methoxy groups -OCH3 is 1. The van der Waals surface area contributed by atoms with Crippen molar-refractivity contribution in [3.05, 3.63) is 47.3 Å². The van der Waals surface area contributed by atoms with Gasteiger partial charge in [0, 0.05) is 0 Å². The fourth-order valence-corrected chi connectivity index (χ4v) is 6.04. The predicted molar refractivity (Wildman–Crippen MR) is 120 cm³/mol. The first-order chi connectivity index (χ1) is 14.6. The van der Waals surface area contributed by atoms with Gasteiger partial charge in [0.1, 0.15) is 5.82 Å². The summed E-state index contributed by atoms with van der Waals surface area (Å²) in [4.78, 5) is 11.8. The molecule has 162 valence electrons. The first-order valence-electron chi connectivity index (χ1n) is 11.9. The van der Waals surface area contributed by atoms with Crippen LogP contribution in [0.3, 0.4) is 0 Å². The molecule has 0 spiro atoms. The lowest BCUT2D eigenvalue weighted by Gasteiger charge is -2.42. The summed E-state index contributed by atoms with van der Waals surface area (Å²) in [6.45, 7) is 2.29. The Bertz CT molecular complexity index is 890. The zero-order valence-corrected chi connectivity index (χ0v) is 18.5. The van der Waals surface area contributed by atoms with Gasteiger partial charge in [-0.05, 0) is 84.2 Å². The molecule has 2 aromatic carbocycles. The smallest absolute Gasteiger partial charge is 0.340 e. The second-order valence-corrected chi connectivity index (χ2v) is 9.64. The molecule has 2 saturated carbocycles. The molecule has 0 N–H and O–H groups in total. The van der Waals surface area contributed by atoms with E-state index in [9.17, 15) is 9.18 Å². The molecule has 0 bridgehead atoms. The van der Waals surface area contributed by atoms with Crippen molar-refractivity contribution in [2.45, 2.75) is 77.0 Å². The van der Waals surface area contributed by atoms with E-state index >= 15 is 0 Å². The second kappa shape index (κ2) is 9.49. The molecule has 4 rings (SSSR count). The van der Waals surface area contributed by atoms with Crippen molar-refractivity contribution in [2.24, 2.45) is 17.8 Å². The number of carbonyl (C=O) groups excluding carboxylic acids is 1. The van der Waals surface area contributed by atoms with Crippen LogP contribution in [0.4, 0.5) is 4.39 Å². The quantitative estimate of drug-likeness (QED) is 0.361. The van der Waals surface area contributed by atoms with Crippen LogP contribution in [-0.2, 0) is 4.74 Å². The molecule has 3 heteroatoms. The summed E-state index contributed by atoms with van der Waals surface area (Å²) in [6, 6.07) is 9.45. The molecule has 0 heterocycles. The lowest BCUT2D eigenvalue weighted by molar-refractivity contribution is 0.0595. The Hall–Kier alpha value is -1.90. The number of esters is 1. The third kappa shape index (κ3) is 4.55.